The zero-order chi connectivity index (χ0) is 14.5. The fourth-order valence-electron chi connectivity index (χ4n) is 2.03. The molecular weight excluding hydrogens is 257 g/mol. The lowest BCUT2D eigenvalue weighted by Gasteiger charge is -2.21. The van der Waals surface area contributed by atoms with Crippen LogP contribution in [0, 0.1) is 0 Å². The number of hydrogen-bond acceptors (Lipinski definition) is 3. The number of hydrogen-bond donors (Lipinski definition) is 2. The second-order valence-corrected chi connectivity index (χ2v) is 4.78. The Morgan fingerprint density at radius 2 is 1.50 bits per heavy atom. The average molecular weight is 275 g/mol. The number of aromatic hydroxyl groups is 1. The molecule has 0 saturated carbocycles. The van der Waals surface area contributed by atoms with Crippen molar-refractivity contribution < 1.29 is 14.6 Å². The van der Waals surface area contributed by atoms with Crippen molar-refractivity contribution in [3.63, 3.8) is 0 Å². The maximum atomic E-state index is 12.3. The van der Waals surface area contributed by atoms with Gasteiger partial charge in [0.1, 0.15) is 12.4 Å². The van der Waals surface area contributed by atoms with E-state index in [1.807, 2.05) is 48.3 Å². The van der Waals surface area contributed by atoms with Crippen LogP contribution in [0.5, 0.6) is 5.75 Å². The highest BCUT2D eigenvalue weighted by Crippen LogP contribution is 2.24. The molecule has 20 heavy (non-hydrogen) atoms. The van der Waals surface area contributed by atoms with E-state index in [9.17, 15) is 14.6 Å². The topological polar surface area (TPSA) is 43.7 Å². The van der Waals surface area contributed by atoms with E-state index in [0.29, 0.717) is 0 Å². The molecule has 106 valence electrons. The summed E-state index contributed by atoms with van der Waals surface area (Å²) < 4.78 is 12.3. The molecule has 0 saturated heterocycles. The van der Waals surface area contributed by atoms with Crippen molar-refractivity contribution in [2.24, 2.45) is 0 Å². The molecule has 0 fully saturated rings. The van der Waals surface area contributed by atoms with Crippen LogP contribution in [-0.4, -0.2) is 36.6 Å². The Morgan fingerprint density at radius 1 is 1.00 bits per heavy atom. The molecule has 2 N–H and O–H groups in total. The Labute approximate surface area is 117 Å². The number of benzene rings is 2. The summed E-state index contributed by atoms with van der Waals surface area (Å²) in [5, 5.41) is 18.6. The summed E-state index contributed by atoms with van der Waals surface area (Å²) in [7, 11) is 1.81. The van der Waals surface area contributed by atoms with Gasteiger partial charge in [0.15, 0.2) is 0 Å². The minimum Gasteiger partial charge on any atom is -0.508 e. The normalized spacial score (nSPS) is 12.2. The maximum absolute atomic E-state index is 12.3. The molecule has 3 nitrogen and oxygen atoms in total. The number of phenolic OH excluding ortho intramolecular Hbond substituents is 1. The Kier molecular flexibility index (Phi) is 4.58. The molecule has 0 heterocycles. The van der Waals surface area contributed by atoms with Gasteiger partial charge in [0, 0.05) is 19.3 Å². The maximum Gasteiger partial charge on any atom is 0.117 e. The summed E-state index contributed by atoms with van der Waals surface area (Å²) >= 11 is 0. The lowest BCUT2D eigenvalue weighted by Crippen LogP contribution is -2.30. The molecule has 0 spiro atoms. The van der Waals surface area contributed by atoms with E-state index < -0.39 is 12.8 Å². The van der Waals surface area contributed by atoms with Gasteiger partial charge in [0.2, 0.25) is 0 Å². The first-order valence-corrected chi connectivity index (χ1v) is 6.45. The molecule has 1 atom stereocenters. The highest BCUT2D eigenvalue weighted by molar-refractivity contribution is 5.66. The number of likely N-dealkylation sites (N-methyl/N-ethyl adjacent to an activating group) is 1. The van der Waals surface area contributed by atoms with Gasteiger partial charge in [-0.25, -0.2) is 4.39 Å². The monoisotopic (exact) mass is 275 g/mol. The number of halogens is 1. The van der Waals surface area contributed by atoms with Crippen molar-refractivity contribution in [3.05, 3.63) is 48.5 Å². The van der Waals surface area contributed by atoms with Gasteiger partial charge < -0.3 is 15.1 Å². The predicted octanol–water partition coefficient (Wildman–Crippen LogP) is 2.83. The summed E-state index contributed by atoms with van der Waals surface area (Å²) in [6.45, 7) is -0.481. The van der Waals surface area contributed by atoms with Gasteiger partial charge in [-0.15, -0.1) is 0 Å². The van der Waals surface area contributed by atoms with Crippen LogP contribution in [0.4, 0.5) is 10.1 Å². The first-order valence-electron chi connectivity index (χ1n) is 6.45. The molecule has 4 heteroatoms. The fourth-order valence-corrected chi connectivity index (χ4v) is 2.03. The van der Waals surface area contributed by atoms with Gasteiger partial charge in [-0.2, -0.15) is 0 Å². The third-order valence-corrected chi connectivity index (χ3v) is 3.17. The molecule has 0 aliphatic rings. The summed E-state index contributed by atoms with van der Waals surface area (Å²) in [6, 6.07) is 14.8. The molecule has 0 bridgehead atoms. The zero-order valence-corrected chi connectivity index (χ0v) is 11.3. The number of anilines is 1. The van der Waals surface area contributed by atoms with Crippen LogP contribution in [-0.2, 0) is 0 Å². The minimum atomic E-state index is -0.961. The van der Waals surface area contributed by atoms with Gasteiger partial charge in [0.05, 0.1) is 6.10 Å². The number of rotatable bonds is 5. The second-order valence-electron chi connectivity index (χ2n) is 4.78. The molecule has 2 rings (SSSR count). The lowest BCUT2D eigenvalue weighted by molar-refractivity contribution is 0.146. The number of aliphatic hydroxyl groups is 1. The standard InChI is InChI=1S/C16H18FNO2/c1-18(11-16(20)10-17)14-6-2-12(3-7-14)13-4-8-15(19)9-5-13/h2-9,16,19-20H,10-11H2,1H3. The minimum absolute atomic E-state index is 0.241. The van der Waals surface area contributed by atoms with Crippen molar-refractivity contribution in [3.8, 4) is 16.9 Å². The van der Waals surface area contributed by atoms with Crippen molar-refractivity contribution in [2.45, 2.75) is 6.10 Å². The Bertz CT molecular complexity index is 539. The molecule has 0 amide bonds. The van der Waals surface area contributed by atoms with Crippen LogP contribution in [0.2, 0.25) is 0 Å². The third-order valence-electron chi connectivity index (χ3n) is 3.17. The van der Waals surface area contributed by atoms with Crippen molar-refractivity contribution in [2.75, 3.05) is 25.2 Å². The number of alkyl halides is 1. The van der Waals surface area contributed by atoms with E-state index >= 15 is 0 Å². The molecule has 1 unspecified atom stereocenters. The van der Waals surface area contributed by atoms with Crippen LogP contribution in [0.1, 0.15) is 0 Å². The second kappa shape index (κ2) is 6.39. The number of phenols is 1. The summed E-state index contributed by atoms with van der Waals surface area (Å²) in [4.78, 5) is 1.81. The number of aliphatic hydroxyl groups excluding tert-OH is 1. The van der Waals surface area contributed by atoms with Gasteiger partial charge in [-0.1, -0.05) is 24.3 Å². The molecule has 2 aromatic carbocycles. The van der Waals surface area contributed by atoms with Crippen LogP contribution < -0.4 is 4.90 Å². The van der Waals surface area contributed by atoms with E-state index in [4.69, 9.17) is 0 Å². The lowest BCUT2D eigenvalue weighted by atomic mass is 10.1. The molecule has 2 aromatic rings. The van der Waals surface area contributed by atoms with E-state index in [2.05, 4.69) is 0 Å². The highest BCUT2D eigenvalue weighted by atomic mass is 19.1. The van der Waals surface area contributed by atoms with Crippen LogP contribution >= 0.6 is 0 Å². The SMILES string of the molecule is CN(CC(O)CF)c1ccc(-c2ccc(O)cc2)cc1. The smallest absolute Gasteiger partial charge is 0.117 e. The van der Waals surface area contributed by atoms with E-state index in [0.717, 1.165) is 16.8 Å². The average Bonchev–Trinajstić information content (AvgIpc) is 2.48. The van der Waals surface area contributed by atoms with Crippen LogP contribution in [0.15, 0.2) is 48.5 Å². The van der Waals surface area contributed by atoms with Crippen molar-refractivity contribution in [1.29, 1.82) is 0 Å². The van der Waals surface area contributed by atoms with E-state index in [1.165, 1.54) is 0 Å². The van der Waals surface area contributed by atoms with E-state index in [1.54, 1.807) is 12.1 Å². The molecular formula is C16H18FNO2. The van der Waals surface area contributed by atoms with Gasteiger partial charge in [-0.3, -0.25) is 0 Å². The molecule has 0 aliphatic carbocycles. The quantitative estimate of drug-likeness (QED) is 0.882. The summed E-state index contributed by atoms with van der Waals surface area (Å²) in [5.74, 6) is 0.241. The summed E-state index contributed by atoms with van der Waals surface area (Å²) in [5.41, 5.74) is 2.97. The first-order chi connectivity index (χ1) is 9.60. The molecule has 0 aliphatic heterocycles. The third kappa shape index (κ3) is 3.48. The fraction of sp³-hybridized carbons (Fsp3) is 0.250. The zero-order valence-electron chi connectivity index (χ0n) is 11.3. The van der Waals surface area contributed by atoms with Crippen LogP contribution in [0.3, 0.4) is 0 Å². The van der Waals surface area contributed by atoms with Crippen molar-refractivity contribution >= 4 is 5.69 Å². The van der Waals surface area contributed by atoms with Crippen molar-refractivity contribution in [1.82, 2.24) is 0 Å². The Balaban J connectivity index is 2.11. The largest absolute Gasteiger partial charge is 0.508 e. The Hall–Kier alpha value is -2.07. The van der Waals surface area contributed by atoms with Gasteiger partial charge in [-0.05, 0) is 35.4 Å². The summed E-state index contributed by atoms with van der Waals surface area (Å²) in [6.07, 6.45) is -0.961. The van der Waals surface area contributed by atoms with Crippen LogP contribution in [0.25, 0.3) is 11.1 Å². The first kappa shape index (κ1) is 14.3. The Morgan fingerprint density at radius 3 is 2.00 bits per heavy atom. The number of nitrogens with zero attached hydrogens (tertiary/aromatic N) is 1. The molecule has 0 radical (unpaired) electrons. The molecule has 0 aromatic heterocycles. The van der Waals surface area contributed by atoms with E-state index in [-0.39, 0.29) is 12.3 Å². The highest BCUT2D eigenvalue weighted by Gasteiger charge is 2.08. The predicted molar refractivity (Wildman–Crippen MR) is 78.8 cm³/mol. The van der Waals surface area contributed by atoms with Gasteiger partial charge in [0.25, 0.3) is 0 Å². The van der Waals surface area contributed by atoms with Gasteiger partial charge >= 0.3 is 0 Å².